The van der Waals surface area contributed by atoms with Crippen LogP contribution in [0.2, 0.25) is 0 Å². The molecule has 2 aliphatic rings. The van der Waals surface area contributed by atoms with Crippen LogP contribution in [0.1, 0.15) is 36.7 Å². The molecule has 2 aliphatic heterocycles. The zero-order valence-corrected chi connectivity index (χ0v) is 17.1. The number of para-hydroxylation sites is 1. The molecule has 4 heterocycles. The highest BCUT2D eigenvalue weighted by molar-refractivity contribution is 7.89. The third kappa shape index (κ3) is 3.09. The van der Waals surface area contributed by atoms with E-state index in [1.165, 1.54) is 10.9 Å². The highest BCUT2D eigenvalue weighted by Gasteiger charge is 2.31. The lowest BCUT2D eigenvalue weighted by Crippen LogP contribution is -2.28. The second kappa shape index (κ2) is 7.09. The number of fused-ring (bicyclic) bond motifs is 1. The van der Waals surface area contributed by atoms with Crippen molar-refractivity contribution >= 4 is 37.4 Å². The molecule has 0 spiro atoms. The van der Waals surface area contributed by atoms with Gasteiger partial charge >= 0.3 is 0 Å². The Bertz CT molecular complexity index is 1060. The van der Waals surface area contributed by atoms with E-state index < -0.39 is 10.0 Å². The van der Waals surface area contributed by atoms with E-state index in [4.69, 9.17) is 4.98 Å². The molecular weight excluding hydrogens is 392 g/mol. The zero-order valence-electron chi connectivity index (χ0n) is 15.5. The summed E-state index contributed by atoms with van der Waals surface area (Å²) in [5.41, 5.74) is 1.04. The fourth-order valence-electron chi connectivity index (χ4n) is 4.10. The first kappa shape index (κ1) is 18.0. The van der Waals surface area contributed by atoms with Crippen molar-refractivity contribution in [3.8, 4) is 0 Å². The fraction of sp³-hybridized carbons (Fsp3) is 0.400. The minimum Gasteiger partial charge on any atom is -0.347 e. The van der Waals surface area contributed by atoms with Crippen molar-refractivity contribution in [3.05, 3.63) is 47.6 Å². The number of sulfonamides is 1. The summed E-state index contributed by atoms with van der Waals surface area (Å²) in [7, 11) is -3.42. The Morgan fingerprint density at radius 2 is 1.82 bits per heavy atom. The summed E-state index contributed by atoms with van der Waals surface area (Å²) in [5, 5.41) is 1.11. The molecule has 0 bridgehead atoms. The van der Waals surface area contributed by atoms with Crippen LogP contribution in [-0.4, -0.2) is 42.3 Å². The third-order valence-corrected chi connectivity index (χ3v) is 8.59. The van der Waals surface area contributed by atoms with Gasteiger partial charge in [-0.05, 0) is 49.9 Å². The summed E-state index contributed by atoms with van der Waals surface area (Å²) in [6.45, 7) is 2.12. The molecule has 0 radical (unpaired) electrons. The second-order valence-electron chi connectivity index (χ2n) is 7.33. The molecule has 1 atom stereocenters. The fourth-order valence-corrected chi connectivity index (χ4v) is 6.68. The Morgan fingerprint density at radius 1 is 1.00 bits per heavy atom. The molecule has 0 aliphatic carbocycles. The molecule has 6 nitrogen and oxygen atoms in total. The number of rotatable bonds is 4. The minimum atomic E-state index is -3.42. The van der Waals surface area contributed by atoms with Gasteiger partial charge in [0.1, 0.15) is 15.7 Å². The maximum absolute atomic E-state index is 12.7. The number of hydrogen-bond acceptors (Lipinski definition) is 6. The highest BCUT2D eigenvalue weighted by atomic mass is 32.2. The third-order valence-electron chi connectivity index (χ3n) is 5.57. The summed E-state index contributed by atoms with van der Waals surface area (Å²) < 4.78 is 28.2. The predicted octanol–water partition coefficient (Wildman–Crippen LogP) is 3.82. The number of benzene rings is 1. The SMILES string of the molecule is O=S(=O)(c1ccc(N2CCCC2c2nc3ccccc3s2)nc1)N1CCCC1. The van der Waals surface area contributed by atoms with Crippen molar-refractivity contribution in [2.75, 3.05) is 24.5 Å². The molecule has 146 valence electrons. The van der Waals surface area contributed by atoms with Crippen LogP contribution in [0.4, 0.5) is 5.82 Å². The van der Waals surface area contributed by atoms with Crippen LogP contribution < -0.4 is 4.90 Å². The van der Waals surface area contributed by atoms with E-state index in [1.807, 2.05) is 24.3 Å². The van der Waals surface area contributed by atoms with Crippen LogP contribution in [0.3, 0.4) is 0 Å². The van der Waals surface area contributed by atoms with Crippen molar-refractivity contribution < 1.29 is 8.42 Å². The van der Waals surface area contributed by atoms with Gasteiger partial charge in [0.05, 0.1) is 16.3 Å². The molecule has 3 aromatic rings. The van der Waals surface area contributed by atoms with E-state index in [0.29, 0.717) is 13.1 Å². The number of thiazole rings is 1. The predicted molar refractivity (Wildman–Crippen MR) is 111 cm³/mol. The van der Waals surface area contributed by atoms with Crippen molar-refractivity contribution in [2.24, 2.45) is 0 Å². The molecule has 2 fully saturated rings. The van der Waals surface area contributed by atoms with Gasteiger partial charge in [-0.3, -0.25) is 0 Å². The maximum Gasteiger partial charge on any atom is 0.244 e. The van der Waals surface area contributed by atoms with Gasteiger partial charge in [-0.15, -0.1) is 11.3 Å². The van der Waals surface area contributed by atoms with Crippen molar-refractivity contribution in [1.29, 1.82) is 0 Å². The van der Waals surface area contributed by atoms with Gasteiger partial charge < -0.3 is 4.90 Å². The Hall–Kier alpha value is -2.03. The Kier molecular flexibility index (Phi) is 4.57. The van der Waals surface area contributed by atoms with Crippen LogP contribution in [-0.2, 0) is 10.0 Å². The van der Waals surface area contributed by atoms with E-state index in [1.54, 1.807) is 21.7 Å². The first-order chi connectivity index (χ1) is 13.6. The normalized spacial score (nSPS) is 21.0. The second-order valence-corrected chi connectivity index (χ2v) is 10.3. The standard InChI is InChI=1S/C20H22N4O2S2/c25-28(26,23-11-3-4-12-23)15-9-10-19(21-14-15)24-13-5-7-17(24)20-22-16-6-1-2-8-18(16)27-20/h1-2,6,8-10,14,17H,3-5,7,11-13H2. The van der Waals surface area contributed by atoms with Crippen LogP contribution in [0.25, 0.3) is 10.2 Å². The molecule has 8 heteroatoms. The van der Waals surface area contributed by atoms with E-state index in [9.17, 15) is 8.42 Å². The van der Waals surface area contributed by atoms with Crippen molar-refractivity contribution in [1.82, 2.24) is 14.3 Å². The Labute approximate surface area is 168 Å². The van der Waals surface area contributed by atoms with Gasteiger partial charge in [-0.25, -0.2) is 18.4 Å². The molecule has 1 aromatic carbocycles. The monoisotopic (exact) mass is 414 g/mol. The summed E-state index contributed by atoms with van der Waals surface area (Å²) in [6.07, 6.45) is 5.49. The molecule has 28 heavy (non-hydrogen) atoms. The molecule has 2 aromatic heterocycles. The average molecular weight is 415 g/mol. The number of anilines is 1. The van der Waals surface area contributed by atoms with Gasteiger partial charge in [0.15, 0.2) is 0 Å². The Morgan fingerprint density at radius 3 is 2.57 bits per heavy atom. The molecule has 0 N–H and O–H groups in total. The van der Waals surface area contributed by atoms with E-state index in [0.717, 1.165) is 48.6 Å². The number of hydrogen-bond donors (Lipinski definition) is 0. The van der Waals surface area contributed by atoms with Crippen LogP contribution in [0.5, 0.6) is 0 Å². The van der Waals surface area contributed by atoms with E-state index in [2.05, 4.69) is 16.0 Å². The lowest BCUT2D eigenvalue weighted by Gasteiger charge is -2.24. The van der Waals surface area contributed by atoms with Gasteiger partial charge in [0.25, 0.3) is 0 Å². The zero-order chi connectivity index (χ0) is 19.1. The number of aromatic nitrogens is 2. The van der Waals surface area contributed by atoms with Gasteiger partial charge in [-0.2, -0.15) is 4.31 Å². The van der Waals surface area contributed by atoms with Gasteiger partial charge in [0.2, 0.25) is 10.0 Å². The lowest BCUT2D eigenvalue weighted by molar-refractivity contribution is 0.477. The maximum atomic E-state index is 12.7. The van der Waals surface area contributed by atoms with Crippen molar-refractivity contribution in [3.63, 3.8) is 0 Å². The molecule has 5 rings (SSSR count). The molecule has 2 saturated heterocycles. The molecule has 0 amide bonds. The Balaban J connectivity index is 1.42. The van der Waals surface area contributed by atoms with Crippen molar-refractivity contribution in [2.45, 2.75) is 36.6 Å². The molecule has 0 saturated carbocycles. The van der Waals surface area contributed by atoms with E-state index in [-0.39, 0.29) is 10.9 Å². The first-order valence-electron chi connectivity index (χ1n) is 9.71. The van der Waals surface area contributed by atoms with Gasteiger partial charge in [-0.1, -0.05) is 12.1 Å². The van der Waals surface area contributed by atoms with Crippen LogP contribution in [0, 0.1) is 0 Å². The smallest absolute Gasteiger partial charge is 0.244 e. The number of pyridine rings is 1. The lowest BCUT2D eigenvalue weighted by atomic mass is 10.2. The summed E-state index contributed by atoms with van der Waals surface area (Å²) in [6, 6.07) is 11.9. The molecular formula is C20H22N4O2S2. The summed E-state index contributed by atoms with van der Waals surface area (Å²) >= 11 is 1.73. The topological polar surface area (TPSA) is 66.4 Å². The van der Waals surface area contributed by atoms with E-state index >= 15 is 0 Å². The average Bonchev–Trinajstić information content (AvgIpc) is 3.48. The number of nitrogens with zero attached hydrogens (tertiary/aromatic N) is 4. The summed E-state index contributed by atoms with van der Waals surface area (Å²) in [5.74, 6) is 0.821. The van der Waals surface area contributed by atoms with Gasteiger partial charge in [0, 0.05) is 25.8 Å². The minimum absolute atomic E-state index is 0.200. The first-order valence-corrected chi connectivity index (χ1v) is 12.0. The van der Waals surface area contributed by atoms with Crippen LogP contribution in [0.15, 0.2) is 47.5 Å². The molecule has 1 unspecified atom stereocenters. The largest absolute Gasteiger partial charge is 0.347 e. The quantitative estimate of drug-likeness (QED) is 0.649. The van der Waals surface area contributed by atoms with Crippen LogP contribution >= 0.6 is 11.3 Å². The summed E-state index contributed by atoms with van der Waals surface area (Å²) in [4.78, 5) is 11.9. The highest BCUT2D eigenvalue weighted by Crippen LogP contribution is 2.38.